The molecule has 3 amide bonds. The predicted molar refractivity (Wildman–Crippen MR) is 95.5 cm³/mol. The van der Waals surface area contributed by atoms with Gasteiger partial charge in [0.15, 0.2) is 6.61 Å². The van der Waals surface area contributed by atoms with Crippen molar-refractivity contribution in [2.45, 2.75) is 20.8 Å². The SMILES string of the molecule is CCNC(=O)NC(=O)COC(=O)c1ccc(-n2nc(C)c(Cl)c2C)cc1. The van der Waals surface area contributed by atoms with Gasteiger partial charge in [0.2, 0.25) is 0 Å². The molecule has 0 bridgehead atoms. The number of esters is 1. The number of halogens is 1. The van der Waals surface area contributed by atoms with Gasteiger partial charge >= 0.3 is 12.0 Å². The Hall–Kier alpha value is -2.87. The first kappa shape index (κ1) is 19.5. The van der Waals surface area contributed by atoms with Crippen LogP contribution in [-0.2, 0) is 9.53 Å². The van der Waals surface area contributed by atoms with E-state index in [4.69, 9.17) is 16.3 Å². The van der Waals surface area contributed by atoms with E-state index in [1.807, 2.05) is 19.2 Å². The lowest BCUT2D eigenvalue weighted by Gasteiger charge is -2.08. The fourth-order valence-electron chi connectivity index (χ4n) is 2.20. The minimum Gasteiger partial charge on any atom is -0.452 e. The summed E-state index contributed by atoms with van der Waals surface area (Å²) in [5.41, 5.74) is 2.52. The average molecular weight is 379 g/mol. The summed E-state index contributed by atoms with van der Waals surface area (Å²) in [5.74, 6) is -1.38. The predicted octanol–water partition coefficient (Wildman–Crippen LogP) is 2.15. The number of carbonyl (C=O) groups excluding carboxylic acids is 3. The summed E-state index contributed by atoms with van der Waals surface area (Å²) in [6.07, 6.45) is 0. The minimum absolute atomic E-state index is 0.271. The fourth-order valence-corrected chi connectivity index (χ4v) is 2.31. The van der Waals surface area contributed by atoms with Crippen LogP contribution in [0.15, 0.2) is 24.3 Å². The Labute approximate surface area is 155 Å². The van der Waals surface area contributed by atoms with Crippen LogP contribution in [-0.4, -0.2) is 40.8 Å². The Morgan fingerprint density at radius 3 is 2.38 bits per heavy atom. The molecule has 2 rings (SSSR count). The minimum atomic E-state index is -0.710. The molecule has 0 saturated heterocycles. The van der Waals surface area contributed by atoms with Crippen LogP contribution in [0.5, 0.6) is 0 Å². The van der Waals surface area contributed by atoms with Crippen molar-refractivity contribution in [3.63, 3.8) is 0 Å². The summed E-state index contributed by atoms with van der Waals surface area (Å²) in [6, 6.07) is 5.87. The van der Waals surface area contributed by atoms with Crippen LogP contribution in [0, 0.1) is 13.8 Å². The molecule has 0 spiro atoms. The zero-order chi connectivity index (χ0) is 19.3. The Morgan fingerprint density at radius 2 is 1.85 bits per heavy atom. The van der Waals surface area contributed by atoms with E-state index in [1.165, 1.54) is 0 Å². The maximum Gasteiger partial charge on any atom is 0.338 e. The van der Waals surface area contributed by atoms with Gasteiger partial charge < -0.3 is 10.1 Å². The highest BCUT2D eigenvalue weighted by atomic mass is 35.5. The third-order valence-electron chi connectivity index (χ3n) is 3.48. The smallest absolute Gasteiger partial charge is 0.338 e. The molecule has 0 aliphatic heterocycles. The van der Waals surface area contributed by atoms with Crippen molar-refractivity contribution >= 4 is 29.5 Å². The molecular weight excluding hydrogens is 360 g/mol. The molecule has 1 aromatic carbocycles. The molecule has 8 nitrogen and oxygen atoms in total. The zero-order valence-electron chi connectivity index (χ0n) is 14.6. The number of urea groups is 1. The lowest BCUT2D eigenvalue weighted by Crippen LogP contribution is -2.41. The summed E-state index contributed by atoms with van der Waals surface area (Å²) in [4.78, 5) is 34.7. The monoisotopic (exact) mass is 378 g/mol. The normalized spacial score (nSPS) is 10.3. The molecule has 0 radical (unpaired) electrons. The van der Waals surface area contributed by atoms with E-state index in [-0.39, 0.29) is 5.56 Å². The second-order valence-electron chi connectivity index (χ2n) is 5.43. The molecule has 9 heteroatoms. The number of amides is 3. The molecular formula is C17H19ClN4O4. The molecule has 2 aromatic rings. The van der Waals surface area contributed by atoms with Gasteiger partial charge in [0, 0.05) is 6.54 Å². The van der Waals surface area contributed by atoms with Crippen LogP contribution in [0.4, 0.5) is 4.79 Å². The maximum atomic E-state index is 12.0. The highest BCUT2D eigenvalue weighted by Crippen LogP contribution is 2.22. The standard InChI is InChI=1S/C17H19ClN4O4/c1-4-19-17(25)20-14(23)9-26-16(24)12-5-7-13(8-6-12)22-11(3)15(18)10(2)21-22/h5-8H,4,9H2,1-3H3,(H2,19,20,23,25). The summed E-state index contributed by atoms with van der Waals surface area (Å²) in [6.45, 7) is 5.20. The average Bonchev–Trinajstić information content (AvgIpc) is 2.87. The number of aryl methyl sites for hydroxylation is 1. The maximum absolute atomic E-state index is 12.0. The van der Waals surface area contributed by atoms with Crippen LogP contribution < -0.4 is 10.6 Å². The van der Waals surface area contributed by atoms with Crippen LogP contribution in [0.25, 0.3) is 5.69 Å². The molecule has 0 saturated carbocycles. The van der Waals surface area contributed by atoms with E-state index in [0.29, 0.717) is 17.3 Å². The number of benzene rings is 1. The van der Waals surface area contributed by atoms with Gasteiger partial charge in [0.25, 0.3) is 5.91 Å². The second-order valence-corrected chi connectivity index (χ2v) is 5.81. The first-order chi connectivity index (χ1) is 12.3. The molecule has 2 N–H and O–H groups in total. The molecule has 0 aliphatic rings. The number of aromatic nitrogens is 2. The number of nitrogens with one attached hydrogen (secondary N) is 2. The molecule has 1 aromatic heterocycles. The van der Waals surface area contributed by atoms with Crippen molar-refractivity contribution in [1.82, 2.24) is 20.4 Å². The number of hydrogen-bond donors (Lipinski definition) is 2. The quantitative estimate of drug-likeness (QED) is 0.776. The Bertz CT molecular complexity index is 830. The second kappa shape index (κ2) is 8.48. The van der Waals surface area contributed by atoms with E-state index >= 15 is 0 Å². The molecule has 0 aliphatic carbocycles. The first-order valence-corrected chi connectivity index (χ1v) is 8.28. The highest BCUT2D eigenvalue weighted by molar-refractivity contribution is 6.31. The van der Waals surface area contributed by atoms with Gasteiger partial charge in [0.05, 0.1) is 27.7 Å². The summed E-state index contributed by atoms with van der Waals surface area (Å²) in [7, 11) is 0. The van der Waals surface area contributed by atoms with Crippen molar-refractivity contribution in [2.75, 3.05) is 13.2 Å². The first-order valence-electron chi connectivity index (χ1n) is 7.90. The van der Waals surface area contributed by atoms with E-state index in [0.717, 1.165) is 11.4 Å². The fraction of sp³-hybridized carbons (Fsp3) is 0.294. The third kappa shape index (κ3) is 4.60. The van der Waals surface area contributed by atoms with E-state index in [1.54, 1.807) is 35.9 Å². The highest BCUT2D eigenvalue weighted by Gasteiger charge is 2.14. The van der Waals surface area contributed by atoms with E-state index in [9.17, 15) is 14.4 Å². The molecule has 1 heterocycles. The van der Waals surface area contributed by atoms with Crippen LogP contribution in [0.2, 0.25) is 5.02 Å². The molecule has 138 valence electrons. The number of imide groups is 1. The van der Waals surface area contributed by atoms with Crippen molar-refractivity contribution in [1.29, 1.82) is 0 Å². The lowest BCUT2D eigenvalue weighted by molar-refractivity contribution is -0.123. The lowest BCUT2D eigenvalue weighted by atomic mass is 10.2. The number of carbonyl (C=O) groups is 3. The molecule has 0 unspecified atom stereocenters. The molecule has 0 atom stereocenters. The van der Waals surface area contributed by atoms with E-state index in [2.05, 4.69) is 10.4 Å². The van der Waals surface area contributed by atoms with Crippen molar-refractivity contribution in [2.24, 2.45) is 0 Å². The van der Waals surface area contributed by atoms with E-state index < -0.39 is 24.5 Å². The topological polar surface area (TPSA) is 102 Å². The summed E-state index contributed by atoms with van der Waals surface area (Å²) < 4.78 is 6.56. The van der Waals surface area contributed by atoms with Gasteiger partial charge in [-0.1, -0.05) is 11.6 Å². The van der Waals surface area contributed by atoms with Gasteiger partial charge in [-0.25, -0.2) is 14.3 Å². The van der Waals surface area contributed by atoms with Gasteiger partial charge in [-0.05, 0) is 45.0 Å². The van der Waals surface area contributed by atoms with Gasteiger partial charge in [-0.3, -0.25) is 10.1 Å². The Kier molecular flexibility index (Phi) is 6.35. The Morgan fingerprint density at radius 1 is 1.19 bits per heavy atom. The van der Waals surface area contributed by atoms with Crippen LogP contribution in [0.3, 0.4) is 0 Å². The molecule has 26 heavy (non-hydrogen) atoms. The zero-order valence-corrected chi connectivity index (χ0v) is 15.4. The summed E-state index contributed by atoms with van der Waals surface area (Å²) >= 11 is 6.13. The van der Waals surface area contributed by atoms with Crippen molar-refractivity contribution < 1.29 is 19.1 Å². The number of hydrogen-bond acceptors (Lipinski definition) is 5. The van der Waals surface area contributed by atoms with Gasteiger partial charge in [-0.2, -0.15) is 5.10 Å². The number of rotatable bonds is 5. The molecule has 0 fully saturated rings. The van der Waals surface area contributed by atoms with Crippen molar-refractivity contribution in [3.05, 3.63) is 46.2 Å². The Balaban J connectivity index is 1.97. The largest absolute Gasteiger partial charge is 0.452 e. The van der Waals surface area contributed by atoms with Crippen molar-refractivity contribution in [3.8, 4) is 5.69 Å². The number of nitrogens with zero attached hydrogens (tertiary/aromatic N) is 2. The summed E-state index contributed by atoms with van der Waals surface area (Å²) in [5, 5.41) is 9.36. The number of ether oxygens (including phenoxy) is 1. The van der Waals surface area contributed by atoms with Gasteiger partial charge in [0.1, 0.15) is 0 Å². The third-order valence-corrected chi connectivity index (χ3v) is 4.02. The van der Waals surface area contributed by atoms with Gasteiger partial charge in [-0.15, -0.1) is 0 Å². The van der Waals surface area contributed by atoms with Crippen LogP contribution in [0.1, 0.15) is 28.7 Å². The van der Waals surface area contributed by atoms with Crippen LogP contribution >= 0.6 is 11.6 Å².